The average molecular weight is 280 g/mol. The predicted octanol–water partition coefficient (Wildman–Crippen LogP) is 3.11. The van der Waals surface area contributed by atoms with Crippen LogP contribution in [0.4, 0.5) is 0 Å². The van der Waals surface area contributed by atoms with Gasteiger partial charge in [-0.2, -0.15) is 0 Å². The number of carbonyl (C=O) groups is 2. The molecule has 18 heavy (non-hydrogen) atoms. The Bertz CT molecular complexity index is 436. The van der Waals surface area contributed by atoms with Crippen LogP contribution in [-0.2, 0) is 13.7 Å². The molecule has 1 aliphatic rings. The van der Waals surface area contributed by atoms with Crippen LogP contribution in [0, 0.1) is 5.92 Å². The van der Waals surface area contributed by atoms with E-state index in [1.165, 1.54) is 13.8 Å². The van der Waals surface area contributed by atoms with E-state index in [0.717, 1.165) is 17.1 Å². The van der Waals surface area contributed by atoms with E-state index in [-0.39, 0.29) is 11.6 Å². The molecule has 0 bridgehead atoms. The van der Waals surface area contributed by atoms with Crippen LogP contribution in [0.2, 0.25) is 0 Å². The molecule has 1 aliphatic heterocycles. The van der Waals surface area contributed by atoms with E-state index >= 15 is 0 Å². The first-order valence-electron chi connectivity index (χ1n) is 5.92. The number of hydrogen-bond acceptors (Lipinski definition) is 4. The van der Waals surface area contributed by atoms with Gasteiger partial charge in [0.1, 0.15) is 21.6 Å². The second kappa shape index (κ2) is 5.49. The molecule has 96 valence electrons. The monoisotopic (exact) mass is 280 g/mol. The van der Waals surface area contributed by atoms with Crippen LogP contribution in [-0.4, -0.2) is 23.1 Å². The van der Waals surface area contributed by atoms with E-state index in [0.29, 0.717) is 0 Å². The first-order chi connectivity index (χ1) is 8.58. The fourth-order valence-electron chi connectivity index (χ4n) is 2.42. The molecule has 4 heteroatoms. The second-order valence-corrected chi connectivity index (χ2v) is 7.32. The molecule has 0 atom stereocenters. The zero-order valence-corrected chi connectivity index (χ0v) is 12.1. The average Bonchev–Trinajstić information content (AvgIpc) is 2.79. The minimum atomic E-state index is -0.544. The SMILES string of the molecule is CC(=O)C(C(C)=O)C1(c2ccccc2)SCCS1. The fourth-order valence-corrected chi connectivity index (χ4v) is 6.13. The van der Waals surface area contributed by atoms with E-state index in [4.69, 9.17) is 0 Å². The van der Waals surface area contributed by atoms with Crippen molar-refractivity contribution >= 4 is 35.1 Å². The summed E-state index contributed by atoms with van der Waals surface area (Å²) in [7, 11) is 0. The summed E-state index contributed by atoms with van der Waals surface area (Å²) in [5, 5.41) is 0. The highest BCUT2D eigenvalue weighted by Crippen LogP contribution is 2.57. The molecule has 0 spiro atoms. The molecule has 0 aromatic heterocycles. The smallest absolute Gasteiger partial charge is 0.142 e. The summed E-state index contributed by atoms with van der Waals surface area (Å²) >= 11 is 3.46. The van der Waals surface area contributed by atoms with Crippen molar-refractivity contribution in [3.63, 3.8) is 0 Å². The Morgan fingerprint density at radius 1 is 1.06 bits per heavy atom. The first kappa shape index (κ1) is 13.7. The van der Waals surface area contributed by atoms with Gasteiger partial charge in [-0.05, 0) is 19.4 Å². The molecule has 0 amide bonds. The number of rotatable bonds is 4. The lowest BCUT2D eigenvalue weighted by Crippen LogP contribution is -2.36. The van der Waals surface area contributed by atoms with Gasteiger partial charge < -0.3 is 0 Å². The number of thioether (sulfide) groups is 2. The molecule has 1 saturated heterocycles. The number of benzene rings is 1. The fraction of sp³-hybridized carbons (Fsp3) is 0.429. The van der Waals surface area contributed by atoms with Crippen molar-refractivity contribution in [2.24, 2.45) is 5.92 Å². The van der Waals surface area contributed by atoms with E-state index in [1.54, 1.807) is 23.5 Å². The van der Waals surface area contributed by atoms with Crippen molar-refractivity contribution in [3.8, 4) is 0 Å². The largest absolute Gasteiger partial charge is 0.299 e. The Hall–Kier alpha value is -0.740. The highest BCUT2D eigenvalue weighted by molar-refractivity contribution is 8.20. The lowest BCUT2D eigenvalue weighted by molar-refractivity contribution is -0.130. The maximum atomic E-state index is 11.9. The van der Waals surface area contributed by atoms with Crippen molar-refractivity contribution in [1.29, 1.82) is 0 Å². The minimum Gasteiger partial charge on any atom is -0.299 e. The third-order valence-electron chi connectivity index (χ3n) is 3.09. The molecule has 0 aliphatic carbocycles. The van der Waals surface area contributed by atoms with Gasteiger partial charge >= 0.3 is 0 Å². The van der Waals surface area contributed by atoms with Gasteiger partial charge in [0.25, 0.3) is 0 Å². The maximum absolute atomic E-state index is 11.9. The van der Waals surface area contributed by atoms with Gasteiger partial charge in [-0.1, -0.05) is 30.3 Å². The first-order valence-corrected chi connectivity index (χ1v) is 7.89. The van der Waals surface area contributed by atoms with Crippen LogP contribution in [0.25, 0.3) is 0 Å². The van der Waals surface area contributed by atoms with Crippen LogP contribution in [0.5, 0.6) is 0 Å². The summed E-state index contributed by atoms with van der Waals surface area (Å²) < 4.78 is -0.418. The van der Waals surface area contributed by atoms with Crippen molar-refractivity contribution in [2.75, 3.05) is 11.5 Å². The summed E-state index contributed by atoms with van der Waals surface area (Å²) in [6, 6.07) is 9.92. The number of carbonyl (C=O) groups excluding carboxylic acids is 2. The summed E-state index contributed by atoms with van der Waals surface area (Å²) in [6.45, 7) is 3.05. The van der Waals surface area contributed by atoms with Crippen molar-refractivity contribution in [1.82, 2.24) is 0 Å². The molecule has 0 unspecified atom stereocenters. The Morgan fingerprint density at radius 3 is 2.00 bits per heavy atom. The van der Waals surface area contributed by atoms with Crippen molar-refractivity contribution in [2.45, 2.75) is 17.9 Å². The van der Waals surface area contributed by atoms with E-state index in [9.17, 15) is 9.59 Å². The standard InChI is InChI=1S/C14H16O2S2/c1-10(15)13(11(2)16)14(17-8-9-18-14)12-6-4-3-5-7-12/h3-7,13H,8-9H2,1-2H3. The summed E-state index contributed by atoms with van der Waals surface area (Å²) in [4.78, 5) is 23.8. The van der Waals surface area contributed by atoms with Gasteiger partial charge in [-0.25, -0.2) is 0 Å². The maximum Gasteiger partial charge on any atom is 0.142 e. The lowest BCUT2D eigenvalue weighted by atomic mass is 9.91. The topological polar surface area (TPSA) is 34.1 Å². The van der Waals surface area contributed by atoms with Crippen molar-refractivity contribution in [3.05, 3.63) is 35.9 Å². The molecule has 0 radical (unpaired) electrons. The zero-order chi connectivity index (χ0) is 13.2. The molecule has 1 fully saturated rings. The van der Waals surface area contributed by atoms with Crippen molar-refractivity contribution < 1.29 is 9.59 Å². The Labute approximate surface area is 116 Å². The van der Waals surface area contributed by atoms with Gasteiger partial charge in [-0.3, -0.25) is 9.59 Å². The molecular formula is C14H16O2S2. The lowest BCUT2D eigenvalue weighted by Gasteiger charge is -2.33. The van der Waals surface area contributed by atoms with E-state index in [2.05, 4.69) is 0 Å². The number of Topliss-reactive ketones (excluding diaryl/α,β-unsaturated/α-hetero) is 2. The van der Waals surface area contributed by atoms with Crippen LogP contribution in [0.15, 0.2) is 30.3 Å². The molecule has 2 nitrogen and oxygen atoms in total. The molecule has 1 aromatic carbocycles. The Morgan fingerprint density at radius 2 is 1.56 bits per heavy atom. The number of ketones is 2. The highest BCUT2D eigenvalue weighted by atomic mass is 32.2. The van der Waals surface area contributed by atoms with Gasteiger partial charge in [0.15, 0.2) is 0 Å². The molecule has 2 rings (SSSR count). The van der Waals surface area contributed by atoms with Crippen LogP contribution < -0.4 is 0 Å². The number of hydrogen-bond donors (Lipinski definition) is 0. The predicted molar refractivity (Wildman–Crippen MR) is 77.9 cm³/mol. The normalized spacial score (nSPS) is 17.9. The van der Waals surface area contributed by atoms with Gasteiger partial charge in [0.2, 0.25) is 0 Å². The van der Waals surface area contributed by atoms with Crippen LogP contribution in [0.1, 0.15) is 19.4 Å². The zero-order valence-electron chi connectivity index (χ0n) is 10.5. The molecule has 0 N–H and O–H groups in total. The Balaban J connectivity index is 2.50. The second-order valence-electron chi connectivity index (χ2n) is 4.38. The summed E-state index contributed by atoms with van der Waals surface area (Å²) in [6.07, 6.45) is 0. The third-order valence-corrected chi connectivity index (χ3v) is 6.67. The summed E-state index contributed by atoms with van der Waals surface area (Å²) in [5.41, 5.74) is 1.08. The molecular weight excluding hydrogens is 264 g/mol. The van der Waals surface area contributed by atoms with Gasteiger partial charge in [0.05, 0.1) is 0 Å². The minimum absolute atomic E-state index is 0.0340. The molecule has 1 aromatic rings. The molecule has 1 heterocycles. The van der Waals surface area contributed by atoms with E-state index < -0.39 is 10.00 Å². The summed E-state index contributed by atoms with van der Waals surface area (Å²) in [5.74, 6) is 1.35. The van der Waals surface area contributed by atoms with Gasteiger partial charge in [0, 0.05) is 11.5 Å². The highest BCUT2D eigenvalue weighted by Gasteiger charge is 2.48. The van der Waals surface area contributed by atoms with Crippen LogP contribution >= 0.6 is 23.5 Å². The molecule has 0 saturated carbocycles. The Kier molecular flexibility index (Phi) is 4.17. The van der Waals surface area contributed by atoms with Gasteiger partial charge in [-0.15, -0.1) is 23.5 Å². The van der Waals surface area contributed by atoms with E-state index in [1.807, 2.05) is 30.3 Å². The third kappa shape index (κ3) is 2.36. The van der Waals surface area contributed by atoms with Crippen LogP contribution in [0.3, 0.4) is 0 Å². The quantitative estimate of drug-likeness (QED) is 0.794.